The van der Waals surface area contributed by atoms with Crippen molar-refractivity contribution in [1.82, 2.24) is 10.9 Å². The number of halogens is 2. The van der Waals surface area contributed by atoms with Gasteiger partial charge in [-0.15, -0.1) is 0 Å². The molecular formula is C32H26Cl2N4O6. The summed E-state index contributed by atoms with van der Waals surface area (Å²) in [6.45, 7) is 0.624. The second-order valence-electron chi connectivity index (χ2n) is 9.26. The number of rotatable bonds is 10. The molecule has 0 aromatic heterocycles. The van der Waals surface area contributed by atoms with Crippen molar-refractivity contribution >= 4 is 47.4 Å². The molecule has 1 fully saturated rings. The van der Waals surface area contributed by atoms with Crippen LogP contribution in [0.15, 0.2) is 107 Å². The monoisotopic (exact) mass is 632 g/mol. The normalized spacial score (nSPS) is 16.5. The van der Waals surface area contributed by atoms with Crippen molar-refractivity contribution in [3.8, 4) is 11.5 Å². The Kier molecular flexibility index (Phi) is 10.6. The minimum absolute atomic E-state index is 0.312. The first-order valence-corrected chi connectivity index (χ1v) is 14.1. The number of hydrogen-bond donors (Lipinski definition) is 2. The van der Waals surface area contributed by atoms with E-state index in [1.807, 2.05) is 0 Å². The molecule has 12 heteroatoms. The summed E-state index contributed by atoms with van der Waals surface area (Å²) in [5, 5.41) is 9.17. The Labute approximate surface area is 263 Å². The summed E-state index contributed by atoms with van der Waals surface area (Å²) in [6.07, 6.45) is 1.29. The van der Waals surface area contributed by atoms with Gasteiger partial charge >= 0.3 is 0 Å². The Bertz CT molecular complexity index is 1490. The van der Waals surface area contributed by atoms with E-state index in [2.05, 4.69) is 21.1 Å². The highest BCUT2D eigenvalue weighted by molar-refractivity contribution is 6.30. The van der Waals surface area contributed by atoms with E-state index in [-0.39, 0.29) is 11.8 Å². The van der Waals surface area contributed by atoms with E-state index in [0.717, 1.165) is 11.1 Å². The van der Waals surface area contributed by atoms with Crippen molar-refractivity contribution in [3.05, 3.63) is 129 Å². The van der Waals surface area contributed by atoms with Crippen LogP contribution >= 0.6 is 23.2 Å². The molecule has 2 N–H and O–H groups in total. The number of nitrogens with one attached hydrogen (secondary N) is 2. The molecule has 1 aliphatic heterocycles. The lowest BCUT2D eigenvalue weighted by Gasteiger charge is -2.31. The van der Waals surface area contributed by atoms with Crippen molar-refractivity contribution in [3.63, 3.8) is 0 Å². The summed E-state index contributed by atoms with van der Waals surface area (Å²) in [4.78, 5) is 24.9. The molecule has 2 unspecified atom stereocenters. The van der Waals surface area contributed by atoms with Gasteiger partial charge in [-0.05, 0) is 83.9 Å². The van der Waals surface area contributed by atoms with Crippen molar-refractivity contribution < 1.29 is 28.5 Å². The van der Waals surface area contributed by atoms with Crippen LogP contribution < -0.4 is 20.3 Å². The average molecular weight is 633 g/mol. The van der Waals surface area contributed by atoms with E-state index in [9.17, 15) is 9.59 Å². The Hall–Kier alpha value is -4.74. The fraction of sp³-hybridized carbons (Fsp3) is 0.125. The van der Waals surface area contributed by atoms with Gasteiger partial charge in [-0.2, -0.15) is 10.2 Å². The quantitative estimate of drug-likeness (QED) is 0.171. The van der Waals surface area contributed by atoms with E-state index in [1.54, 1.807) is 97.1 Å². The van der Waals surface area contributed by atoms with Gasteiger partial charge in [-0.25, -0.2) is 10.9 Å². The second kappa shape index (κ2) is 15.1. The van der Waals surface area contributed by atoms with Gasteiger partial charge in [0.1, 0.15) is 11.5 Å². The smallest absolute Gasteiger partial charge is 0.271 e. The molecule has 224 valence electrons. The van der Waals surface area contributed by atoms with Gasteiger partial charge < -0.3 is 18.9 Å². The largest absolute Gasteiger partial charge is 0.458 e. The Morgan fingerprint density at radius 3 is 1.34 bits per heavy atom. The van der Waals surface area contributed by atoms with Crippen LogP contribution in [0.25, 0.3) is 0 Å². The van der Waals surface area contributed by atoms with Gasteiger partial charge in [0, 0.05) is 21.2 Å². The fourth-order valence-corrected chi connectivity index (χ4v) is 4.11. The van der Waals surface area contributed by atoms with Crippen LogP contribution in [0.2, 0.25) is 10.0 Å². The molecule has 1 heterocycles. The van der Waals surface area contributed by atoms with Crippen LogP contribution in [0, 0.1) is 0 Å². The summed E-state index contributed by atoms with van der Waals surface area (Å²) in [5.41, 5.74) is 7.33. The Morgan fingerprint density at radius 2 is 0.977 bits per heavy atom. The molecule has 0 aliphatic carbocycles. The van der Waals surface area contributed by atoms with E-state index in [1.165, 1.54) is 12.4 Å². The standard InChI is InChI=1S/C32H26Cl2N4O6/c33-25-9-1-21(2-10-25)19-35-37-29(39)23-5-13-27(14-6-23)43-31-32(42-18-17-41-31)44-28-15-7-24(8-16-28)30(40)38-36-20-22-3-11-26(34)12-4-22/h1-16,19-20,31-32H,17-18H2,(H,37,39)(H,38,40). The predicted octanol–water partition coefficient (Wildman–Crippen LogP) is 5.68. The Balaban J connectivity index is 1.12. The maximum Gasteiger partial charge on any atom is 0.271 e. The lowest BCUT2D eigenvalue weighted by atomic mass is 10.2. The minimum atomic E-state index is -0.877. The molecule has 2 atom stereocenters. The van der Waals surface area contributed by atoms with Crippen molar-refractivity contribution in [2.45, 2.75) is 12.6 Å². The van der Waals surface area contributed by atoms with Crippen LogP contribution in [-0.4, -0.2) is 50.0 Å². The molecule has 44 heavy (non-hydrogen) atoms. The van der Waals surface area contributed by atoms with Gasteiger partial charge in [-0.1, -0.05) is 47.5 Å². The van der Waals surface area contributed by atoms with Crippen LogP contribution in [0.1, 0.15) is 31.8 Å². The van der Waals surface area contributed by atoms with Gasteiger partial charge in [-0.3, -0.25) is 9.59 Å². The van der Waals surface area contributed by atoms with E-state index < -0.39 is 12.6 Å². The summed E-state index contributed by atoms with van der Waals surface area (Å²) < 4.78 is 23.3. The highest BCUT2D eigenvalue weighted by atomic mass is 35.5. The number of hydrazone groups is 2. The second-order valence-corrected chi connectivity index (χ2v) is 10.1. The molecule has 10 nitrogen and oxygen atoms in total. The number of ether oxygens (including phenoxy) is 4. The number of amides is 2. The fourth-order valence-electron chi connectivity index (χ4n) is 3.86. The number of carbonyl (C=O) groups is 2. The topological polar surface area (TPSA) is 120 Å². The highest BCUT2D eigenvalue weighted by Crippen LogP contribution is 2.22. The maximum atomic E-state index is 12.4. The lowest BCUT2D eigenvalue weighted by molar-refractivity contribution is -0.271. The molecule has 2 amide bonds. The minimum Gasteiger partial charge on any atom is -0.458 e. The van der Waals surface area contributed by atoms with Crippen LogP contribution in [0.4, 0.5) is 0 Å². The summed E-state index contributed by atoms with van der Waals surface area (Å²) in [6, 6.07) is 27.0. The highest BCUT2D eigenvalue weighted by Gasteiger charge is 2.31. The predicted molar refractivity (Wildman–Crippen MR) is 167 cm³/mol. The van der Waals surface area contributed by atoms with Crippen molar-refractivity contribution in [2.24, 2.45) is 10.2 Å². The first kappa shape index (κ1) is 30.7. The molecule has 4 aromatic rings. The van der Waals surface area contributed by atoms with Gasteiger partial charge in [0.15, 0.2) is 0 Å². The average Bonchev–Trinajstić information content (AvgIpc) is 3.04. The van der Waals surface area contributed by atoms with Gasteiger partial charge in [0.25, 0.3) is 24.4 Å². The molecule has 0 radical (unpaired) electrons. The van der Waals surface area contributed by atoms with E-state index >= 15 is 0 Å². The third-order valence-electron chi connectivity index (χ3n) is 6.11. The Morgan fingerprint density at radius 1 is 0.614 bits per heavy atom. The number of hydrogen-bond acceptors (Lipinski definition) is 8. The number of benzene rings is 4. The zero-order chi connectivity index (χ0) is 30.7. The molecule has 0 saturated carbocycles. The third-order valence-corrected chi connectivity index (χ3v) is 6.61. The summed E-state index contributed by atoms with van der Waals surface area (Å²) >= 11 is 11.7. The lowest BCUT2D eigenvalue weighted by Crippen LogP contribution is -2.45. The first-order chi connectivity index (χ1) is 21.4. The number of nitrogens with zero attached hydrogens (tertiary/aromatic N) is 2. The van der Waals surface area contributed by atoms with Crippen LogP contribution in [-0.2, 0) is 9.47 Å². The van der Waals surface area contributed by atoms with Crippen LogP contribution in [0.3, 0.4) is 0 Å². The molecule has 4 aromatic carbocycles. The summed E-state index contributed by atoms with van der Waals surface area (Å²) in [7, 11) is 0. The zero-order valence-corrected chi connectivity index (χ0v) is 24.6. The molecule has 5 rings (SSSR count). The van der Waals surface area contributed by atoms with Crippen molar-refractivity contribution in [2.75, 3.05) is 13.2 Å². The molecule has 1 aliphatic rings. The van der Waals surface area contributed by atoms with Crippen LogP contribution in [0.5, 0.6) is 11.5 Å². The van der Waals surface area contributed by atoms with E-state index in [0.29, 0.717) is 45.9 Å². The molecule has 0 spiro atoms. The molecule has 0 bridgehead atoms. The SMILES string of the molecule is O=C(NN=Cc1ccc(Cl)cc1)c1ccc(OC2OCCOC2Oc2ccc(C(=O)NN=Cc3ccc(Cl)cc3)cc2)cc1. The zero-order valence-electron chi connectivity index (χ0n) is 23.1. The number of carbonyl (C=O) groups excluding carboxylic acids is 2. The first-order valence-electron chi connectivity index (χ1n) is 13.4. The molecule has 1 saturated heterocycles. The van der Waals surface area contributed by atoms with Gasteiger partial charge in [0.2, 0.25) is 0 Å². The maximum absolute atomic E-state index is 12.4. The molecular weight excluding hydrogens is 607 g/mol. The van der Waals surface area contributed by atoms with E-state index in [4.69, 9.17) is 42.1 Å². The third kappa shape index (κ3) is 8.88. The van der Waals surface area contributed by atoms with Gasteiger partial charge in [0.05, 0.1) is 25.6 Å². The van der Waals surface area contributed by atoms with Crippen molar-refractivity contribution in [1.29, 1.82) is 0 Å². The summed E-state index contributed by atoms with van der Waals surface area (Å²) in [5.74, 6) is 0.124.